The summed E-state index contributed by atoms with van der Waals surface area (Å²) in [5.74, 6) is 0.785. The minimum absolute atomic E-state index is 0.0302. The van der Waals surface area contributed by atoms with E-state index in [1.807, 2.05) is 13.0 Å². The highest BCUT2D eigenvalue weighted by atomic mass is 35.5. The second kappa shape index (κ2) is 4.03. The lowest BCUT2D eigenvalue weighted by molar-refractivity contribution is 0.195. The van der Waals surface area contributed by atoms with Gasteiger partial charge < -0.3 is 10.5 Å². The van der Waals surface area contributed by atoms with Crippen molar-refractivity contribution in [3.05, 3.63) is 28.3 Å². The second-order valence-electron chi connectivity index (χ2n) is 4.14. The average Bonchev–Trinajstić information content (AvgIpc) is 2.47. The molecular weight excluding hydrogens is 210 g/mol. The van der Waals surface area contributed by atoms with Gasteiger partial charge >= 0.3 is 0 Å². The molecule has 0 fully saturated rings. The summed E-state index contributed by atoms with van der Waals surface area (Å²) in [7, 11) is 0. The van der Waals surface area contributed by atoms with Crippen molar-refractivity contribution in [1.82, 2.24) is 0 Å². The second-order valence-corrected chi connectivity index (χ2v) is 4.54. The minimum Gasteiger partial charge on any atom is -0.487 e. The quantitative estimate of drug-likeness (QED) is 0.839. The first-order valence-corrected chi connectivity index (χ1v) is 5.73. The van der Waals surface area contributed by atoms with E-state index in [2.05, 4.69) is 13.0 Å². The number of rotatable bonds is 2. The fourth-order valence-electron chi connectivity index (χ4n) is 2.08. The molecule has 0 aliphatic carbocycles. The summed E-state index contributed by atoms with van der Waals surface area (Å²) in [5.41, 5.74) is 8.32. The van der Waals surface area contributed by atoms with Gasteiger partial charge in [-0.1, -0.05) is 31.0 Å². The van der Waals surface area contributed by atoms with Gasteiger partial charge in [-0.05, 0) is 25.0 Å². The Morgan fingerprint density at radius 2 is 2.20 bits per heavy atom. The van der Waals surface area contributed by atoms with Crippen LogP contribution in [0.1, 0.15) is 36.9 Å². The number of fused-ring (bicyclic) bond motifs is 1. The van der Waals surface area contributed by atoms with Gasteiger partial charge in [-0.15, -0.1) is 0 Å². The molecule has 3 heteroatoms. The summed E-state index contributed by atoms with van der Waals surface area (Å²) in [5, 5.41) is 0.680. The Balaban J connectivity index is 2.36. The zero-order valence-electron chi connectivity index (χ0n) is 9.09. The lowest BCUT2D eigenvalue weighted by Gasteiger charge is -2.13. The maximum atomic E-state index is 6.13. The zero-order valence-corrected chi connectivity index (χ0v) is 9.84. The molecule has 0 saturated heterocycles. The van der Waals surface area contributed by atoms with Crippen molar-refractivity contribution in [1.29, 1.82) is 0 Å². The Kier molecular flexibility index (Phi) is 2.89. The number of hydrogen-bond acceptors (Lipinski definition) is 2. The van der Waals surface area contributed by atoms with Gasteiger partial charge in [0.1, 0.15) is 11.9 Å². The number of benzene rings is 1. The SMILES string of the molecule is CCCC1Oc2c(Cl)cc(C)cc2C1N. The molecule has 2 N–H and O–H groups in total. The molecular formula is C12H16ClNO. The Bertz CT molecular complexity index is 378. The van der Waals surface area contributed by atoms with Crippen LogP contribution in [-0.4, -0.2) is 6.10 Å². The van der Waals surface area contributed by atoms with Crippen molar-refractivity contribution in [2.45, 2.75) is 38.8 Å². The molecule has 1 aromatic rings. The van der Waals surface area contributed by atoms with Crippen LogP contribution in [0.4, 0.5) is 0 Å². The van der Waals surface area contributed by atoms with Gasteiger partial charge in [-0.3, -0.25) is 0 Å². The Hall–Kier alpha value is -0.730. The third-order valence-electron chi connectivity index (χ3n) is 2.82. The third-order valence-corrected chi connectivity index (χ3v) is 3.10. The van der Waals surface area contributed by atoms with Crippen LogP contribution in [0.25, 0.3) is 0 Å². The first-order valence-electron chi connectivity index (χ1n) is 5.35. The average molecular weight is 226 g/mol. The lowest BCUT2D eigenvalue weighted by Crippen LogP contribution is -2.24. The van der Waals surface area contributed by atoms with Crippen molar-refractivity contribution >= 4 is 11.6 Å². The van der Waals surface area contributed by atoms with E-state index in [9.17, 15) is 0 Å². The van der Waals surface area contributed by atoms with Gasteiger partial charge in [-0.2, -0.15) is 0 Å². The summed E-state index contributed by atoms with van der Waals surface area (Å²) >= 11 is 6.13. The first kappa shape index (κ1) is 10.8. The molecule has 1 aromatic carbocycles. The molecule has 1 aliphatic rings. The Labute approximate surface area is 95.4 Å². The molecule has 0 amide bonds. The highest BCUT2D eigenvalue weighted by Crippen LogP contribution is 2.42. The topological polar surface area (TPSA) is 35.2 Å². The number of ether oxygens (including phenoxy) is 1. The molecule has 0 saturated carbocycles. The van der Waals surface area contributed by atoms with Crippen LogP contribution in [0.3, 0.4) is 0 Å². The molecule has 0 spiro atoms. The molecule has 0 radical (unpaired) electrons. The van der Waals surface area contributed by atoms with Gasteiger partial charge in [0.2, 0.25) is 0 Å². The highest BCUT2D eigenvalue weighted by Gasteiger charge is 2.32. The van der Waals surface area contributed by atoms with E-state index in [0.717, 1.165) is 29.7 Å². The number of nitrogens with two attached hydrogens (primary N) is 1. The summed E-state index contributed by atoms with van der Waals surface area (Å²) < 4.78 is 5.79. The van der Waals surface area contributed by atoms with Crippen molar-refractivity contribution in [3.63, 3.8) is 0 Å². The van der Waals surface area contributed by atoms with Crippen LogP contribution in [0.5, 0.6) is 5.75 Å². The predicted molar refractivity (Wildman–Crippen MR) is 62.4 cm³/mol. The lowest BCUT2D eigenvalue weighted by atomic mass is 10.0. The van der Waals surface area contributed by atoms with Gasteiger partial charge in [0, 0.05) is 5.56 Å². The molecule has 1 heterocycles. The summed E-state index contributed by atoms with van der Waals surface area (Å²) in [6.07, 6.45) is 2.14. The number of hydrogen-bond donors (Lipinski definition) is 1. The van der Waals surface area contributed by atoms with Crippen LogP contribution in [0.15, 0.2) is 12.1 Å². The molecule has 15 heavy (non-hydrogen) atoms. The molecule has 2 atom stereocenters. The largest absolute Gasteiger partial charge is 0.487 e. The van der Waals surface area contributed by atoms with Gasteiger partial charge in [0.25, 0.3) is 0 Å². The van der Waals surface area contributed by atoms with E-state index in [-0.39, 0.29) is 12.1 Å². The summed E-state index contributed by atoms with van der Waals surface area (Å²) in [6, 6.07) is 3.96. The van der Waals surface area contributed by atoms with E-state index >= 15 is 0 Å². The van der Waals surface area contributed by atoms with Crippen LogP contribution in [0.2, 0.25) is 5.02 Å². The summed E-state index contributed by atoms with van der Waals surface area (Å²) in [4.78, 5) is 0. The van der Waals surface area contributed by atoms with Crippen LogP contribution in [-0.2, 0) is 0 Å². The maximum absolute atomic E-state index is 6.13. The smallest absolute Gasteiger partial charge is 0.143 e. The number of halogens is 1. The molecule has 0 bridgehead atoms. The molecule has 2 nitrogen and oxygen atoms in total. The first-order chi connectivity index (χ1) is 7.13. The normalized spacial score (nSPS) is 23.7. The maximum Gasteiger partial charge on any atom is 0.143 e. The molecule has 2 unspecified atom stereocenters. The van der Waals surface area contributed by atoms with Gasteiger partial charge in [0.05, 0.1) is 11.1 Å². The standard InChI is InChI=1S/C12H16ClNO/c1-3-4-10-11(14)8-5-7(2)6-9(13)12(8)15-10/h5-6,10-11H,3-4,14H2,1-2H3. The Morgan fingerprint density at radius 3 is 2.87 bits per heavy atom. The Morgan fingerprint density at radius 1 is 1.47 bits per heavy atom. The highest BCUT2D eigenvalue weighted by molar-refractivity contribution is 6.32. The van der Waals surface area contributed by atoms with Crippen molar-refractivity contribution in [2.75, 3.05) is 0 Å². The van der Waals surface area contributed by atoms with Crippen molar-refractivity contribution < 1.29 is 4.74 Å². The molecule has 1 aliphatic heterocycles. The van der Waals surface area contributed by atoms with E-state index in [0.29, 0.717) is 5.02 Å². The molecule has 2 rings (SSSR count). The monoisotopic (exact) mass is 225 g/mol. The van der Waals surface area contributed by atoms with Crippen LogP contribution < -0.4 is 10.5 Å². The zero-order chi connectivity index (χ0) is 11.0. The van der Waals surface area contributed by atoms with E-state index in [1.54, 1.807) is 0 Å². The third kappa shape index (κ3) is 1.84. The predicted octanol–water partition coefficient (Wildman–Crippen LogP) is 3.21. The van der Waals surface area contributed by atoms with Crippen molar-refractivity contribution in [2.24, 2.45) is 5.73 Å². The fourth-order valence-corrected chi connectivity index (χ4v) is 2.40. The minimum atomic E-state index is -0.0302. The van der Waals surface area contributed by atoms with Gasteiger partial charge in [-0.25, -0.2) is 0 Å². The van der Waals surface area contributed by atoms with E-state index in [1.165, 1.54) is 0 Å². The van der Waals surface area contributed by atoms with E-state index < -0.39 is 0 Å². The van der Waals surface area contributed by atoms with Crippen molar-refractivity contribution in [3.8, 4) is 5.75 Å². The summed E-state index contributed by atoms with van der Waals surface area (Å²) in [6.45, 7) is 4.15. The fraction of sp³-hybridized carbons (Fsp3) is 0.500. The van der Waals surface area contributed by atoms with Crippen LogP contribution >= 0.6 is 11.6 Å². The van der Waals surface area contributed by atoms with Crippen LogP contribution in [0, 0.1) is 6.92 Å². The molecule has 82 valence electrons. The number of aryl methyl sites for hydroxylation is 1. The van der Waals surface area contributed by atoms with Gasteiger partial charge in [0.15, 0.2) is 0 Å². The molecule has 0 aromatic heterocycles. The van der Waals surface area contributed by atoms with E-state index in [4.69, 9.17) is 22.1 Å².